The SMILES string of the molecule is COc1cccc(CCNC(=O)C(=O)C2CCCCOCCOCc3ccccc3C(=O)N2)c1. The van der Waals surface area contributed by atoms with Gasteiger partial charge in [0, 0.05) is 18.7 Å². The van der Waals surface area contributed by atoms with Crippen LogP contribution in [0, 0.1) is 0 Å². The molecule has 1 atom stereocenters. The van der Waals surface area contributed by atoms with Crippen molar-refractivity contribution in [1.29, 1.82) is 0 Å². The maximum atomic E-state index is 13.0. The van der Waals surface area contributed by atoms with Gasteiger partial charge in [-0.1, -0.05) is 30.3 Å². The average molecular weight is 469 g/mol. The van der Waals surface area contributed by atoms with Crippen molar-refractivity contribution in [1.82, 2.24) is 10.6 Å². The second kappa shape index (κ2) is 13.5. The Balaban J connectivity index is 1.64. The quantitative estimate of drug-likeness (QED) is 0.632. The van der Waals surface area contributed by atoms with E-state index in [-0.39, 0.29) is 6.61 Å². The second-order valence-corrected chi connectivity index (χ2v) is 8.07. The molecule has 0 fully saturated rings. The molecule has 0 aliphatic carbocycles. The van der Waals surface area contributed by atoms with E-state index in [2.05, 4.69) is 10.6 Å². The van der Waals surface area contributed by atoms with Crippen LogP contribution in [0.2, 0.25) is 0 Å². The molecule has 3 rings (SSSR count). The third kappa shape index (κ3) is 7.67. The van der Waals surface area contributed by atoms with Crippen molar-refractivity contribution in [3.8, 4) is 5.75 Å². The molecule has 0 saturated carbocycles. The first-order valence-corrected chi connectivity index (χ1v) is 11.6. The number of carbonyl (C=O) groups is 3. The fourth-order valence-corrected chi connectivity index (χ4v) is 3.72. The van der Waals surface area contributed by atoms with E-state index in [1.54, 1.807) is 19.2 Å². The van der Waals surface area contributed by atoms with Gasteiger partial charge in [0.15, 0.2) is 0 Å². The van der Waals surface area contributed by atoms with E-state index >= 15 is 0 Å². The zero-order valence-corrected chi connectivity index (χ0v) is 19.5. The number of rotatable bonds is 6. The van der Waals surface area contributed by atoms with E-state index in [4.69, 9.17) is 14.2 Å². The van der Waals surface area contributed by atoms with Crippen LogP contribution in [0.15, 0.2) is 48.5 Å². The maximum Gasteiger partial charge on any atom is 0.289 e. The van der Waals surface area contributed by atoms with Crippen LogP contribution in [0.3, 0.4) is 0 Å². The third-order valence-electron chi connectivity index (χ3n) is 5.60. The zero-order valence-electron chi connectivity index (χ0n) is 19.5. The highest BCUT2D eigenvalue weighted by Gasteiger charge is 2.27. The predicted molar refractivity (Wildman–Crippen MR) is 127 cm³/mol. The molecule has 0 aromatic heterocycles. The molecule has 1 aliphatic heterocycles. The number of ketones is 1. The summed E-state index contributed by atoms with van der Waals surface area (Å²) in [5, 5.41) is 5.45. The molecule has 0 saturated heterocycles. The van der Waals surface area contributed by atoms with Gasteiger partial charge in [0.25, 0.3) is 11.8 Å². The number of fused-ring (bicyclic) bond motifs is 1. The molecule has 8 nitrogen and oxygen atoms in total. The number of nitrogens with one attached hydrogen (secondary N) is 2. The highest BCUT2D eigenvalue weighted by molar-refractivity contribution is 6.38. The van der Waals surface area contributed by atoms with Gasteiger partial charge in [-0.3, -0.25) is 14.4 Å². The van der Waals surface area contributed by atoms with Gasteiger partial charge in [-0.25, -0.2) is 0 Å². The lowest BCUT2D eigenvalue weighted by Crippen LogP contribution is -2.48. The summed E-state index contributed by atoms with van der Waals surface area (Å²) in [5.41, 5.74) is 2.12. The Morgan fingerprint density at radius 3 is 2.74 bits per heavy atom. The molecule has 0 spiro atoms. The second-order valence-electron chi connectivity index (χ2n) is 8.07. The van der Waals surface area contributed by atoms with Crippen LogP contribution < -0.4 is 15.4 Å². The van der Waals surface area contributed by atoms with Crippen molar-refractivity contribution in [2.24, 2.45) is 0 Å². The van der Waals surface area contributed by atoms with Crippen molar-refractivity contribution in [2.45, 2.75) is 38.3 Å². The average Bonchev–Trinajstić information content (AvgIpc) is 2.86. The highest BCUT2D eigenvalue weighted by atomic mass is 16.5. The molecule has 34 heavy (non-hydrogen) atoms. The number of ether oxygens (including phenoxy) is 3. The Labute approximate surface area is 200 Å². The van der Waals surface area contributed by atoms with Gasteiger partial charge in [0.2, 0.25) is 5.78 Å². The normalized spacial score (nSPS) is 17.6. The summed E-state index contributed by atoms with van der Waals surface area (Å²) in [5.74, 6) is -1.02. The Kier molecular flexibility index (Phi) is 10.1. The number of carbonyl (C=O) groups excluding carboxylic acids is 3. The molecule has 2 aromatic rings. The summed E-state index contributed by atoms with van der Waals surface area (Å²) < 4.78 is 16.4. The number of hydrogen-bond acceptors (Lipinski definition) is 6. The van der Waals surface area contributed by atoms with Crippen LogP contribution in [0.1, 0.15) is 40.7 Å². The Morgan fingerprint density at radius 1 is 1.06 bits per heavy atom. The van der Waals surface area contributed by atoms with E-state index in [0.29, 0.717) is 63.2 Å². The molecule has 2 aromatic carbocycles. The highest BCUT2D eigenvalue weighted by Crippen LogP contribution is 2.14. The summed E-state index contributed by atoms with van der Waals surface area (Å²) in [6.45, 7) is 1.99. The van der Waals surface area contributed by atoms with E-state index in [1.165, 1.54) is 0 Å². The topological polar surface area (TPSA) is 103 Å². The predicted octanol–water partition coefficient (Wildman–Crippen LogP) is 2.44. The van der Waals surface area contributed by atoms with Gasteiger partial charge in [0.1, 0.15) is 5.75 Å². The van der Waals surface area contributed by atoms with Crippen LogP contribution in [-0.2, 0) is 32.1 Å². The van der Waals surface area contributed by atoms with E-state index in [1.807, 2.05) is 36.4 Å². The molecular formula is C26H32N2O6. The summed E-state index contributed by atoms with van der Waals surface area (Å²) in [4.78, 5) is 38.5. The Hall–Kier alpha value is -3.23. The zero-order chi connectivity index (χ0) is 24.2. The summed E-state index contributed by atoms with van der Waals surface area (Å²) in [6, 6.07) is 13.7. The van der Waals surface area contributed by atoms with Gasteiger partial charge in [-0.15, -0.1) is 0 Å². The third-order valence-corrected chi connectivity index (χ3v) is 5.60. The first-order chi connectivity index (χ1) is 16.6. The largest absolute Gasteiger partial charge is 0.497 e. The number of methoxy groups -OCH3 is 1. The standard InChI is InChI=1S/C26H32N2O6/c1-32-21-9-6-7-19(17-21)12-13-27-26(31)24(29)23-11-4-5-14-33-15-16-34-18-20-8-2-3-10-22(20)25(30)28-23/h2-3,6-10,17,23H,4-5,11-16,18H2,1H3,(H,27,31)(H,28,30). The molecular weight excluding hydrogens is 436 g/mol. The summed E-state index contributed by atoms with van der Waals surface area (Å²) >= 11 is 0. The number of hydrogen-bond donors (Lipinski definition) is 2. The lowest BCUT2D eigenvalue weighted by molar-refractivity contribution is -0.139. The Morgan fingerprint density at radius 2 is 1.88 bits per heavy atom. The molecule has 8 heteroatoms. The maximum absolute atomic E-state index is 13.0. The van der Waals surface area contributed by atoms with Crippen LogP contribution in [0.4, 0.5) is 0 Å². The van der Waals surface area contributed by atoms with Crippen molar-refractivity contribution in [2.75, 3.05) is 33.5 Å². The molecule has 2 N–H and O–H groups in total. The minimum atomic E-state index is -0.916. The lowest BCUT2D eigenvalue weighted by atomic mass is 10.0. The van der Waals surface area contributed by atoms with E-state index in [9.17, 15) is 14.4 Å². The molecule has 0 radical (unpaired) electrons. The minimum Gasteiger partial charge on any atom is -0.497 e. The van der Waals surface area contributed by atoms with E-state index < -0.39 is 23.6 Å². The van der Waals surface area contributed by atoms with Gasteiger partial charge in [0.05, 0.1) is 33.0 Å². The number of benzene rings is 2. The fraction of sp³-hybridized carbons (Fsp3) is 0.423. The van der Waals surface area contributed by atoms with Gasteiger partial charge in [-0.05, 0) is 55.0 Å². The summed E-state index contributed by atoms with van der Waals surface area (Å²) in [6.07, 6.45) is 2.26. The minimum absolute atomic E-state index is 0.260. The molecule has 1 unspecified atom stereocenters. The van der Waals surface area contributed by atoms with Gasteiger partial charge in [-0.2, -0.15) is 0 Å². The summed E-state index contributed by atoms with van der Waals surface area (Å²) in [7, 11) is 1.59. The molecule has 2 amide bonds. The monoisotopic (exact) mass is 468 g/mol. The number of amides is 2. The molecule has 1 heterocycles. The van der Waals surface area contributed by atoms with Crippen LogP contribution in [-0.4, -0.2) is 57.1 Å². The van der Waals surface area contributed by atoms with Crippen LogP contribution >= 0.6 is 0 Å². The number of Topliss-reactive ketones (excluding diaryl/α,β-unsaturated/α-hetero) is 1. The first-order valence-electron chi connectivity index (χ1n) is 11.6. The van der Waals surface area contributed by atoms with Crippen LogP contribution in [0.5, 0.6) is 5.75 Å². The van der Waals surface area contributed by atoms with Crippen molar-refractivity contribution < 1.29 is 28.6 Å². The van der Waals surface area contributed by atoms with Gasteiger partial charge < -0.3 is 24.8 Å². The van der Waals surface area contributed by atoms with Crippen molar-refractivity contribution >= 4 is 17.6 Å². The van der Waals surface area contributed by atoms with Gasteiger partial charge >= 0.3 is 0 Å². The molecule has 182 valence electrons. The van der Waals surface area contributed by atoms with Crippen molar-refractivity contribution in [3.63, 3.8) is 0 Å². The Bertz CT molecular complexity index is 977. The van der Waals surface area contributed by atoms with E-state index in [0.717, 1.165) is 11.3 Å². The first kappa shape index (κ1) is 25.4. The lowest BCUT2D eigenvalue weighted by Gasteiger charge is -2.19. The molecule has 0 bridgehead atoms. The van der Waals surface area contributed by atoms with Crippen LogP contribution in [0.25, 0.3) is 0 Å². The smallest absolute Gasteiger partial charge is 0.289 e. The van der Waals surface area contributed by atoms with Crippen molar-refractivity contribution in [3.05, 3.63) is 65.2 Å². The molecule has 1 aliphatic rings. The fourth-order valence-electron chi connectivity index (χ4n) is 3.72.